The highest BCUT2D eigenvalue weighted by molar-refractivity contribution is 4.97. The molecule has 2 atom stereocenters. The zero-order chi connectivity index (χ0) is 11.4. The molecule has 0 spiro atoms. The van der Waals surface area contributed by atoms with Crippen LogP contribution in [-0.4, -0.2) is 35.0 Å². The van der Waals surface area contributed by atoms with Crippen LogP contribution >= 0.6 is 0 Å². The molecule has 1 N–H and O–H groups in total. The molecule has 1 fully saturated rings. The third-order valence-corrected chi connectivity index (χ3v) is 3.16. The number of rotatable bonds is 4. The fourth-order valence-electron chi connectivity index (χ4n) is 2.20. The van der Waals surface area contributed by atoms with Crippen LogP contribution in [0.4, 0.5) is 0 Å². The topological polar surface area (TPSA) is 52.0 Å². The highest BCUT2D eigenvalue weighted by Crippen LogP contribution is 2.25. The molecular weight excluding hydrogens is 204 g/mol. The fraction of sp³-hybridized carbons (Fsp3) is 0.818. The van der Waals surface area contributed by atoms with Gasteiger partial charge in [-0.15, -0.1) is 10.2 Å². The van der Waals surface area contributed by atoms with Crippen LogP contribution in [0, 0.1) is 5.92 Å². The van der Waals surface area contributed by atoms with Crippen LogP contribution in [0.1, 0.15) is 31.6 Å². The number of aromatic nitrogens is 3. The van der Waals surface area contributed by atoms with Gasteiger partial charge in [0, 0.05) is 13.7 Å². The van der Waals surface area contributed by atoms with E-state index >= 15 is 0 Å². The molecule has 90 valence electrons. The van der Waals surface area contributed by atoms with Crippen molar-refractivity contribution in [3.05, 3.63) is 12.2 Å². The van der Waals surface area contributed by atoms with E-state index in [-0.39, 0.29) is 0 Å². The molecule has 2 rings (SSSR count). The summed E-state index contributed by atoms with van der Waals surface area (Å²) >= 11 is 0. The van der Waals surface area contributed by atoms with Gasteiger partial charge in [0.1, 0.15) is 12.2 Å². The Kier molecular flexibility index (Phi) is 3.90. The Morgan fingerprint density at radius 1 is 1.62 bits per heavy atom. The van der Waals surface area contributed by atoms with Crippen LogP contribution in [0.25, 0.3) is 0 Å². The third-order valence-electron chi connectivity index (χ3n) is 3.16. The molecule has 0 aliphatic carbocycles. The van der Waals surface area contributed by atoms with E-state index in [1.54, 1.807) is 13.4 Å². The normalized spacial score (nSPS) is 25.9. The molecule has 0 bridgehead atoms. The Labute approximate surface area is 96.2 Å². The van der Waals surface area contributed by atoms with Gasteiger partial charge in [-0.1, -0.05) is 6.92 Å². The van der Waals surface area contributed by atoms with Crippen molar-refractivity contribution in [1.82, 2.24) is 20.1 Å². The second-order valence-corrected chi connectivity index (χ2v) is 4.51. The predicted octanol–water partition coefficient (Wildman–Crippen LogP) is 0.985. The number of hydrogen-bond acceptors (Lipinski definition) is 4. The van der Waals surface area contributed by atoms with E-state index < -0.39 is 0 Å². The average molecular weight is 224 g/mol. The van der Waals surface area contributed by atoms with Gasteiger partial charge in [0.2, 0.25) is 0 Å². The van der Waals surface area contributed by atoms with Crippen LogP contribution in [0.3, 0.4) is 0 Å². The van der Waals surface area contributed by atoms with Crippen LogP contribution in [0.2, 0.25) is 0 Å². The van der Waals surface area contributed by atoms with Gasteiger partial charge in [0.05, 0.1) is 12.6 Å². The molecule has 5 heteroatoms. The van der Waals surface area contributed by atoms with Crippen LogP contribution < -0.4 is 5.32 Å². The highest BCUT2D eigenvalue weighted by atomic mass is 16.5. The van der Waals surface area contributed by atoms with Crippen LogP contribution in [0.5, 0.6) is 0 Å². The summed E-state index contributed by atoms with van der Waals surface area (Å²) in [6, 6.07) is 0.350. The Morgan fingerprint density at radius 3 is 3.25 bits per heavy atom. The summed E-state index contributed by atoms with van der Waals surface area (Å²) in [6.45, 7) is 4.89. The van der Waals surface area contributed by atoms with E-state index in [1.807, 2.05) is 0 Å². The standard InChI is InChI=1S/C11H20N4O/c1-9-3-4-12-10(7-9)11-14-13-8-15(11)5-6-16-2/h8-10,12H,3-7H2,1-2H3. The first-order chi connectivity index (χ1) is 7.81. The Bertz CT molecular complexity index is 326. The molecule has 1 aliphatic heterocycles. The molecule has 5 nitrogen and oxygen atoms in total. The minimum atomic E-state index is 0.350. The fourth-order valence-corrected chi connectivity index (χ4v) is 2.20. The van der Waals surface area contributed by atoms with Gasteiger partial charge in [0.25, 0.3) is 0 Å². The maximum atomic E-state index is 5.08. The highest BCUT2D eigenvalue weighted by Gasteiger charge is 2.23. The number of piperidine rings is 1. The lowest BCUT2D eigenvalue weighted by Crippen LogP contribution is -2.32. The smallest absolute Gasteiger partial charge is 0.150 e. The Balaban J connectivity index is 2.04. The van der Waals surface area contributed by atoms with Gasteiger partial charge < -0.3 is 14.6 Å². The van der Waals surface area contributed by atoms with Gasteiger partial charge in [-0.25, -0.2) is 0 Å². The number of nitrogens with one attached hydrogen (secondary N) is 1. The average Bonchev–Trinajstić information content (AvgIpc) is 2.74. The molecule has 1 aliphatic rings. The molecule has 1 aromatic rings. The first-order valence-corrected chi connectivity index (χ1v) is 5.91. The van der Waals surface area contributed by atoms with E-state index in [4.69, 9.17) is 4.74 Å². The molecular formula is C11H20N4O. The lowest BCUT2D eigenvalue weighted by atomic mass is 9.94. The summed E-state index contributed by atoms with van der Waals surface area (Å²) in [5, 5.41) is 11.7. The molecule has 1 saturated heterocycles. The maximum absolute atomic E-state index is 5.08. The van der Waals surface area contributed by atoms with E-state index in [1.165, 1.54) is 6.42 Å². The minimum absolute atomic E-state index is 0.350. The summed E-state index contributed by atoms with van der Waals surface area (Å²) in [6.07, 6.45) is 4.18. The summed E-state index contributed by atoms with van der Waals surface area (Å²) < 4.78 is 7.16. The van der Waals surface area contributed by atoms with Crippen molar-refractivity contribution >= 4 is 0 Å². The second-order valence-electron chi connectivity index (χ2n) is 4.51. The lowest BCUT2D eigenvalue weighted by Gasteiger charge is -2.27. The van der Waals surface area contributed by atoms with Crippen molar-refractivity contribution in [2.45, 2.75) is 32.4 Å². The van der Waals surface area contributed by atoms with Crippen molar-refractivity contribution in [2.24, 2.45) is 5.92 Å². The molecule has 0 aromatic carbocycles. The third kappa shape index (κ3) is 2.59. The number of methoxy groups -OCH3 is 1. The molecule has 0 radical (unpaired) electrons. The van der Waals surface area contributed by atoms with Gasteiger partial charge in [-0.3, -0.25) is 0 Å². The van der Waals surface area contributed by atoms with Crippen molar-refractivity contribution in [1.29, 1.82) is 0 Å². The Morgan fingerprint density at radius 2 is 2.50 bits per heavy atom. The predicted molar refractivity (Wildman–Crippen MR) is 61.0 cm³/mol. The number of hydrogen-bond donors (Lipinski definition) is 1. The lowest BCUT2D eigenvalue weighted by molar-refractivity contribution is 0.184. The van der Waals surface area contributed by atoms with E-state index in [0.717, 1.165) is 31.3 Å². The molecule has 2 unspecified atom stereocenters. The SMILES string of the molecule is COCCn1cnnc1C1CC(C)CCN1. The van der Waals surface area contributed by atoms with Gasteiger partial charge in [0.15, 0.2) is 0 Å². The summed E-state index contributed by atoms with van der Waals surface area (Å²) in [7, 11) is 1.71. The maximum Gasteiger partial charge on any atom is 0.150 e. The summed E-state index contributed by atoms with van der Waals surface area (Å²) in [4.78, 5) is 0. The van der Waals surface area contributed by atoms with Gasteiger partial charge >= 0.3 is 0 Å². The quantitative estimate of drug-likeness (QED) is 0.828. The van der Waals surface area contributed by atoms with E-state index in [2.05, 4.69) is 27.0 Å². The monoisotopic (exact) mass is 224 g/mol. The zero-order valence-corrected chi connectivity index (χ0v) is 10.0. The molecule has 16 heavy (non-hydrogen) atoms. The van der Waals surface area contributed by atoms with Gasteiger partial charge in [-0.2, -0.15) is 0 Å². The first kappa shape index (κ1) is 11.5. The van der Waals surface area contributed by atoms with Crippen molar-refractivity contribution in [3.63, 3.8) is 0 Å². The van der Waals surface area contributed by atoms with Crippen LogP contribution in [0.15, 0.2) is 6.33 Å². The van der Waals surface area contributed by atoms with Crippen molar-refractivity contribution in [3.8, 4) is 0 Å². The van der Waals surface area contributed by atoms with Crippen LogP contribution in [-0.2, 0) is 11.3 Å². The minimum Gasteiger partial charge on any atom is -0.383 e. The van der Waals surface area contributed by atoms with E-state index in [9.17, 15) is 0 Å². The zero-order valence-electron chi connectivity index (χ0n) is 10.0. The summed E-state index contributed by atoms with van der Waals surface area (Å²) in [5.41, 5.74) is 0. The Hall–Kier alpha value is -0.940. The van der Waals surface area contributed by atoms with E-state index in [0.29, 0.717) is 12.6 Å². The van der Waals surface area contributed by atoms with Gasteiger partial charge in [-0.05, 0) is 25.3 Å². The van der Waals surface area contributed by atoms with Crippen molar-refractivity contribution < 1.29 is 4.74 Å². The second kappa shape index (κ2) is 5.41. The molecule has 1 aromatic heterocycles. The summed E-state index contributed by atoms with van der Waals surface area (Å²) in [5.74, 6) is 1.81. The largest absolute Gasteiger partial charge is 0.383 e. The molecule has 0 amide bonds. The first-order valence-electron chi connectivity index (χ1n) is 5.91. The molecule has 0 saturated carbocycles. The molecule has 2 heterocycles. The number of nitrogens with zero attached hydrogens (tertiary/aromatic N) is 3. The number of ether oxygens (including phenoxy) is 1. The van der Waals surface area contributed by atoms with Crippen molar-refractivity contribution in [2.75, 3.05) is 20.3 Å².